The van der Waals surface area contributed by atoms with Crippen LogP contribution in [0.15, 0.2) is 96.5 Å². The highest BCUT2D eigenvalue weighted by Crippen LogP contribution is 2.39. The van der Waals surface area contributed by atoms with Crippen molar-refractivity contribution in [3.63, 3.8) is 0 Å². The summed E-state index contributed by atoms with van der Waals surface area (Å²) in [7, 11) is 0. The summed E-state index contributed by atoms with van der Waals surface area (Å²) >= 11 is 0. The smallest absolute Gasteiger partial charge is 0.290 e. The molecule has 0 spiro atoms. The molecule has 3 aromatic rings. The van der Waals surface area contributed by atoms with Crippen LogP contribution in [0.4, 0.5) is 0 Å². The van der Waals surface area contributed by atoms with Gasteiger partial charge in [0, 0.05) is 18.9 Å². The van der Waals surface area contributed by atoms with Gasteiger partial charge in [0.05, 0.1) is 11.6 Å². The highest BCUT2D eigenvalue weighted by atomic mass is 16.3. The Bertz CT molecular complexity index is 1150. The lowest BCUT2D eigenvalue weighted by molar-refractivity contribution is -0.130. The Labute approximate surface area is 181 Å². The number of hydrogen-bond donors (Lipinski definition) is 1. The largest absolute Gasteiger partial charge is 0.503 e. The number of carbonyl (C=O) groups is 2. The van der Waals surface area contributed by atoms with Gasteiger partial charge in [0.25, 0.3) is 5.91 Å². The molecule has 4 rings (SSSR count). The molecule has 0 fully saturated rings. The molecule has 0 aliphatic carbocycles. The van der Waals surface area contributed by atoms with Crippen LogP contribution in [0.2, 0.25) is 0 Å². The molecular weight excluding hydrogens is 388 g/mol. The lowest BCUT2D eigenvalue weighted by Gasteiger charge is -2.26. The van der Waals surface area contributed by atoms with Crippen molar-refractivity contribution in [1.29, 1.82) is 0 Å². The maximum atomic E-state index is 13.1. The van der Waals surface area contributed by atoms with E-state index >= 15 is 0 Å². The van der Waals surface area contributed by atoms with Crippen LogP contribution >= 0.6 is 0 Å². The minimum Gasteiger partial charge on any atom is -0.503 e. The molecule has 1 aromatic heterocycles. The number of aryl methyl sites for hydroxylation is 1. The molecule has 1 aliphatic heterocycles. The third-order valence-corrected chi connectivity index (χ3v) is 5.26. The van der Waals surface area contributed by atoms with E-state index in [1.54, 1.807) is 24.5 Å². The van der Waals surface area contributed by atoms with Gasteiger partial charge >= 0.3 is 0 Å². The summed E-state index contributed by atoms with van der Waals surface area (Å²) in [6, 6.07) is 20.0. The van der Waals surface area contributed by atoms with Crippen LogP contribution in [-0.4, -0.2) is 26.7 Å². The molecule has 5 nitrogen and oxygen atoms in total. The number of amides is 1. The molecule has 2 aromatic carbocycles. The first-order valence-corrected chi connectivity index (χ1v) is 10.0. The Kier molecular flexibility index (Phi) is 5.76. The summed E-state index contributed by atoms with van der Waals surface area (Å²) in [5.41, 5.74) is 3.60. The molecule has 1 unspecified atom stereocenters. The third-order valence-electron chi connectivity index (χ3n) is 5.26. The number of aliphatic hydroxyl groups is 1. The van der Waals surface area contributed by atoms with Gasteiger partial charge in [-0.25, -0.2) is 0 Å². The first-order valence-electron chi connectivity index (χ1n) is 10.0. The van der Waals surface area contributed by atoms with Crippen LogP contribution in [0.3, 0.4) is 0 Å². The van der Waals surface area contributed by atoms with Gasteiger partial charge in [-0.2, -0.15) is 0 Å². The highest BCUT2D eigenvalue weighted by Gasteiger charge is 2.42. The number of ketones is 1. The number of hydrogen-bond acceptors (Lipinski definition) is 4. The Balaban J connectivity index is 1.72. The summed E-state index contributed by atoms with van der Waals surface area (Å²) in [6.07, 6.45) is 6.42. The summed E-state index contributed by atoms with van der Waals surface area (Å²) < 4.78 is 0. The Morgan fingerprint density at radius 2 is 1.81 bits per heavy atom. The van der Waals surface area contributed by atoms with E-state index < -0.39 is 23.5 Å². The van der Waals surface area contributed by atoms with E-state index in [-0.39, 0.29) is 12.1 Å². The van der Waals surface area contributed by atoms with Gasteiger partial charge in [0.1, 0.15) is 0 Å². The van der Waals surface area contributed by atoms with E-state index in [0.29, 0.717) is 0 Å². The van der Waals surface area contributed by atoms with Crippen molar-refractivity contribution in [2.24, 2.45) is 0 Å². The lowest BCUT2D eigenvalue weighted by Crippen LogP contribution is -2.30. The van der Waals surface area contributed by atoms with Crippen LogP contribution in [0, 0.1) is 6.92 Å². The zero-order valence-electron chi connectivity index (χ0n) is 17.1. The van der Waals surface area contributed by atoms with E-state index in [1.165, 1.54) is 11.0 Å². The zero-order chi connectivity index (χ0) is 21.8. The van der Waals surface area contributed by atoms with Crippen LogP contribution in [0.1, 0.15) is 28.3 Å². The molecule has 1 N–H and O–H groups in total. The minimum atomic E-state index is -0.679. The van der Waals surface area contributed by atoms with Crippen molar-refractivity contribution < 1.29 is 14.7 Å². The Morgan fingerprint density at radius 1 is 1.06 bits per heavy atom. The molecule has 0 saturated heterocycles. The predicted octanol–water partition coefficient (Wildman–Crippen LogP) is 4.57. The van der Waals surface area contributed by atoms with E-state index in [1.807, 2.05) is 67.6 Å². The van der Waals surface area contributed by atoms with Crippen LogP contribution in [0.5, 0.6) is 0 Å². The van der Waals surface area contributed by atoms with E-state index in [4.69, 9.17) is 0 Å². The molecule has 0 bridgehead atoms. The molecule has 2 heterocycles. The maximum absolute atomic E-state index is 13.1. The standard InChI is InChI=1S/C26H22N2O3/c1-18-9-12-21(13-10-18)24-23(22(29)14-11-19-6-3-2-4-7-19)25(30)26(31)28(24)17-20-8-5-15-27-16-20/h2-16,24,30H,17H2,1H3/b14-11+. The SMILES string of the molecule is Cc1ccc(C2C(C(=O)/C=C/c3ccccc3)=C(O)C(=O)N2Cc2cccnc2)cc1. The number of pyridine rings is 1. The molecule has 154 valence electrons. The fraction of sp³-hybridized carbons (Fsp3) is 0.115. The number of benzene rings is 2. The summed E-state index contributed by atoms with van der Waals surface area (Å²) in [4.78, 5) is 31.7. The Morgan fingerprint density at radius 3 is 2.48 bits per heavy atom. The molecule has 0 radical (unpaired) electrons. The number of carbonyl (C=O) groups excluding carboxylic acids is 2. The molecule has 5 heteroatoms. The maximum Gasteiger partial charge on any atom is 0.290 e. The van der Waals surface area contributed by atoms with Crippen molar-refractivity contribution in [3.8, 4) is 0 Å². The fourth-order valence-corrected chi connectivity index (χ4v) is 3.68. The summed E-state index contributed by atoms with van der Waals surface area (Å²) in [5, 5.41) is 10.7. The highest BCUT2D eigenvalue weighted by molar-refractivity contribution is 6.14. The molecule has 1 atom stereocenters. The van der Waals surface area contributed by atoms with Crippen molar-refractivity contribution in [1.82, 2.24) is 9.88 Å². The number of aliphatic hydroxyl groups excluding tert-OH is 1. The first-order chi connectivity index (χ1) is 15.0. The quantitative estimate of drug-likeness (QED) is 0.605. The fourth-order valence-electron chi connectivity index (χ4n) is 3.68. The molecular formula is C26H22N2O3. The van der Waals surface area contributed by atoms with Gasteiger partial charge in [0.2, 0.25) is 0 Å². The average molecular weight is 410 g/mol. The second-order valence-corrected chi connectivity index (χ2v) is 7.48. The lowest BCUT2D eigenvalue weighted by atomic mass is 9.94. The van der Waals surface area contributed by atoms with Crippen LogP contribution < -0.4 is 0 Å². The number of nitrogens with zero attached hydrogens (tertiary/aromatic N) is 2. The predicted molar refractivity (Wildman–Crippen MR) is 119 cm³/mol. The topological polar surface area (TPSA) is 70.5 Å². The number of rotatable bonds is 6. The van der Waals surface area contributed by atoms with Gasteiger partial charge in [-0.15, -0.1) is 0 Å². The van der Waals surface area contributed by atoms with Gasteiger partial charge < -0.3 is 10.0 Å². The molecule has 1 amide bonds. The zero-order valence-corrected chi connectivity index (χ0v) is 17.1. The second-order valence-electron chi connectivity index (χ2n) is 7.48. The van der Waals surface area contributed by atoms with Crippen molar-refractivity contribution in [3.05, 3.63) is 119 Å². The number of allylic oxidation sites excluding steroid dienone is 1. The second kappa shape index (κ2) is 8.79. The normalized spacial score (nSPS) is 16.4. The summed E-state index contributed by atoms with van der Waals surface area (Å²) in [6.45, 7) is 2.20. The van der Waals surface area contributed by atoms with E-state index in [0.717, 1.165) is 22.3 Å². The molecule has 1 aliphatic rings. The van der Waals surface area contributed by atoms with E-state index in [9.17, 15) is 14.7 Å². The van der Waals surface area contributed by atoms with Crippen LogP contribution in [-0.2, 0) is 16.1 Å². The Hall–Kier alpha value is -3.99. The van der Waals surface area contributed by atoms with Gasteiger partial charge in [-0.05, 0) is 35.8 Å². The van der Waals surface area contributed by atoms with Crippen LogP contribution in [0.25, 0.3) is 6.08 Å². The molecule has 0 saturated carbocycles. The summed E-state index contributed by atoms with van der Waals surface area (Å²) in [5.74, 6) is -1.46. The van der Waals surface area contributed by atoms with Gasteiger partial charge in [-0.1, -0.05) is 72.3 Å². The van der Waals surface area contributed by atoms with Crippen molar-refractivity contribution >= 4 is 17.8 Å². The first kappa shape index (κ1) is 20.3. The van der Waals surface area contributed by atoms with Crippen molar-refractivity contribution in [2.75, 3.05) is 0 Å². The average Bonchev–Trinajstić information content (AvgIpc) is 3.04. The number of aromatic nitrogens is 1. The minimum absolute atomic E-state index is 0.0879. The van der Waals surface area contributed by atoms with E-state index in [2.05, 4.69) is 4.98 Å². The molecule has 31 heavy (non-hydrogen) atoms. The third kappa shape index (κ3) is 4.31. The monoisotopic (exact) mass is 410 g/mol. The van der Waals surface area contributed by atoms with Crippen molar-refractivity contribution in [2.45, 2.75) is 19.5 Å². The van der Waals surface area contributed by atoms with Gasteiger partial charge in [0.15, 0.2) is 11.5 Å². The van der Waals surface area contributed by atoms with Gasteiger partial charge in [-0.3, -0.25) is 14.6 Å².